The van der Waals surface area contributed by atoms with E-state index >= 15 is 0 Å². The lowest BCUT2D eigenvalue weighted by Gasteiger charge is -2.22. The minimum atomic E-state index is -6.72. The molecule has 0 fully saturated rings. The van der Waals surface area contributed by atoms with E-state index in [9.17, 15) is 43.2 Å². The van der Waals surface area contributed by atoms with E-state index in [0.29, 0.717) is 0 Å². The van der Waals surface area contributed by atoms with Crippen LogP contribution in [0.25, 0.3) is 10.3 Å². The van der Waals surface area contributed by atoms with E-state index in [1.165, 1.54) is 0 Å². The predicted molar refractivity (Wildman–Crippen MR) is 66.3 cm³/mol. The molecule has 0 atom stereocenters. The predicted octanol–water partition coefficient (Wildman–Crippen LogP) is 2.13. The third-order valence-corrected chi connectivity index (χ3v) is 4.47. The summed E-state index contributed by atoms with van der Waals surface area (Å²) >= 11 is 0. The smallest absolute Gasteiger partial charge is 0.421 e. The normalized spacial score (nSPS) is 13.0. The Morgan fingerprint density at radius 3 is 1.39 bits per heavy atom. The minimum absolute atomic E-state index is 0.778. The molecule has 0 bridgehead atoms. The van der Waals surface area contributed by atoms with Crippen LogP contribution in [0.15, 0.2) is 37.2 Å². The van der Waals surface area contributed by atoms with Crippen LogP contribution in [0.5, 0.6) is 0 Å². The zero-order valence-electron chi connectivity index (χ0n) is 10.8. The van der Waals surface area contributed by atoms with Crippen molar-refractivity contribution in [2.24, 2.45) is 0 Å². The minimum Gasteiger partial charge on any atom is -0.421 e. The van der Waals surface area contributed by atoms with Crippen LogP contribution in [-0.2, 0) is 20.0 Å². The van der Waals surface area contributed by atoms with Crippen molar-refractivity contribution < 1.29 is 47.7 Å². The van der Waals surface area contributed by atoms with E-state index in [1.807, 2.05) is 35.2 Å². The molecule has 1 heterocycles. The maximum atomic E-state index is 11.4. The van der Waals surface area contributed by atoms with Crippen molar-refractivity contribution in [3.63, 3.8) is 0 Å². The summed E-state index contributed by atoms with van der Waals surface area (Å²) in [7, 11) is -13.4. The highest BCUT2D eigenvalue weighted by Crippen LogP contribution is 2.36. The van der Waals surface area contributed by atoms with E-state index < -0.39 is 31.1 Å². The Kier molecular flexibility index (Phi) is 6.74. The number of nitrogens with zero attached hydrogens (tertiary/aromatic N) is 2. The van der Waals surface area contributed by atoms with E-state index in [-0.39, 0.29) is 0 Å². The Balaban J connectivity index is 0.000000502. The molecule has 0 spiro atoms. The Bertz CT molecular complexity index is 684. The summed E-state index contributed by atoms with van der Waals surface area (Å²) in [4.78, 5) is 0. The van der Waals surface area contributed by atoms with Crippen molar-refractivity contribution in [1.82, 2.24) is 0 Å². The number of pyridine rings is 1. The first kappa shape index (κ1) is 21.3. The number of sulfonamides is 2. The molecule has 1 aromatic heterocycles. The monoisotopic (exact) mass is 386 g/mol. The fourth-order valence-corrected chi connectivity index (χ4v) is 2.46. The van der Waals surface area contributed by atoms with Gasteiger partial charge in [0.2, 0.25) is 0 Å². The van der Waals surface area contributed by atoms with Crippen molar-refractivity contribution in [1.29, 1.82) is 0 Å². The molecule has 0 N–H and O–H groups in total. The van der Waals surface area contributed by atoms with Gasteiger partial charge in [-0.05, 0) is 6.58 Å². The van der Waals surface area contributed by atoms with E-state index in [4.69, 9.17) is 0 Å². The van der Waals surface area contributed by atoms with Gasteiger partial charge in [0.05, 0.1) is 0 Å². The molecule has 0 radical (unpaired) electrons. The topological polar surface area (TPSA) is 86.3 Å². The summed E-state index contributed by atoms with van der Waals surface area (Å²) in [5.74, 6) is 0. The van der Waals surface area contributed by atoms with Crippen LogP contribution in [0.4, 0.5) is 26.3 Å². The second-order valence-corrected chi connectivity index (χ2v) is 6.84. The largest absolute Gasteiger partial charge is 0.480 e. The van der Waals surface area contributed by atoms with Crippen molar-refractivity contribution in [3.05, 3.63) is 41.3 Å². The molecule has 23 heavy (non-hydrogen) atoms. The van der Waals surface area contributed by atoms with Crippen molar-refractivity contribution in [3.8, 4) is 0 Å². The van der Waals surface area contributed by atoms with Gasteiger partial charge in [-0.15, -0.1) is 0 Å². The highest BCUT2D eigenvalue weighted by Gasteiger charge is 2.46. The maximum absolute atomic E-state index is 11.4. The van der Waals surface area contributed by atoms with Crippen LogP contribution in [-0.4, -0.2) is 27.9 Å². The molecule has 1 aromatic rings. The number of alkyl halides is 6. The Hall–Kier alpha value is -1.67. The van der Waals surface area contributed by atoms with Crippen molar-refractivity contribution >= 4 is 26.2 Å². The lowest BCUT2D eigenvalue weighted by Crippen LogP contribution is -2.30. The van der Waals surface area contributed by atoms with Crippen LogP contribution in [0.1, 0.15) is 0 Å². The molecule has 0 unspecified atom stereocenters. The van der Waals surface area contributed by atoms with Crippen LogP contribution < -0.4 is 4.57 Å². The number of rotatable bonds is 3. The third-order valence-electron chi connectivity index (χ3n) is 1.73. The van der Waals surface area contributed by atoms with Crippen molar-refractivity contribution in [2.75, 3.05) is 0 Å². The van der Waals surface area contributed by atoms with Gasteiger partial charge in [0.25, 0.3) is 0 Å². The average molecular weight is 386 g/mol. The SMILES string of the molecule is C=C[n+]1ccccc1.O=S(=O)([N-]S(=O)(=O)C(F)(F)F)C(F)(F)F. The Morgan fingerprint density at radius 2 is 1.17 bits per heavy atom. The first-order valence-electron chi connectivity index (χ1n) is 5.09. The van der Waals surface area contributed by atoms with Crippen LogP contribution in [0, 0.1) is 0 Å². The fourth-order valence-electron chi connectivity index (χ4n) is 0.747. The maximum Gasteiger partial charge on any atom is 0.480 e. The standard InChI is InChI=1S/C7H8N.C2F6NO4S2/c1-2-8-6-4-3-5-7-8;3-1(4,5)14(10,11)9-15(12,13)2(6,7)8/h2-7H,1H2;/q+1;-1. The molecular weight excluding hydrogens is 378 g/mol. The van der Waals surface area contributed by atoms with Gasteiger partial charge in [0, 0.05) is 12.1 Å². The lowest BCUT2D eigenvalue weighted by atomic mass is 10.5. The summed E-state index contributed by atoms with van der Waals surface area (Å²) in [6, 6.07) is 5.89. The molecule has 0 amide bonds. The second kappa shape index (κ2) is 7.27. The highest BCUT2D eigenvalue weighted by molar-refractivity contribution is 8.13. The second-order valence-electron chi connectivity index (χ2n) is 3.42. The first-order valence-corrected chi connectivity index (χ1v) is 7.97. The van der Waals surface area contributed by atoms with Gasteiger partial charge in [-0.3, -0.25) is 0 Å². The molecule has 0 aliphatic heterocycles. The summed E-state index contributed by atoms with van der Waals surface area (Å²) < 4.78 is 111. The number of halogens is 6. The zero-order chi connectivity index (χ0) is 18.5. The molecule has 6 nitrogen and oxygen atoms in total. The van der Waals surface area contributed by atoms with E-state index in [0.717, 1.165) is 4.13 Å². The van der Waals surface area contributed by atoms with Gasteiger partial charge < -0.3 is 4.13 Å². The van der Waals surface area contributed by atoms with Gasteiger partial charge >= 0.3 is 11.0 Å². The highest BCUT2D eigenvalue weighted by atomic mass is 32.3. The summed E-state index contributed by atoms with van der Waals surface area (Å²) in [5, 5.41) is 0. The molecule has 132 valence electrons. The van der Waals surface area contributed by atoms with Crippen molar-refractivity contribution in [2.45, 2.75) is 11.0 Å². The molecule has 0 aliphatic carbocycles. The average Bonchev–Trinajstić information content (AvgIpc) is 2.36. The van der Waals surface area contributed by atoms with Gasteiger partial charge in [-0.25, -0.2) is 16.8 Å². The summed E-state index contributed by atoms with van der Waals surface area (Å²) in [5.41, 5.74) is -12.4. The van der Waals surface area contributed by atoms with Crippen LogP contribution in [0.3, 0.4) is 0 Å². The quantitative estimate of drug-likeness (QED) is 0.588. The summed E-state index contributed by atoms with van der Waals surface area (Å²) in [6.45, 7) is 3.59. The molecule has 0 saturated heterocycles. The number of hydrogen-bond acceptors (Lipinski definition) is 4. The molecule has 1 rings (SSSR count). The zero-order valence-corrected chi connectivity index (χ0v) is 12.4. The Morgan fingerprint density at radius 1 is 0.826 bits per heavy atom. The lowest BCUT2D eigenvalue weighted by molar-refractivity contribution is -0.567. The van der Waals surface area contributed by atoms with Crippen LogP contribution in [0.2, 0.25) is 0 Å². The Labute approximate surface area is 127 Å². The first-order chi connectivity index (χ1) is 10.1. The van der Waals surface area contributed by atoms with E-state index in [2.05, 4.69) is 6.58 Å². The number of aromatic nitrogens is 1. The summed E-state index contributed by atoms with van der Waals surface area (Å²) in [6.07, 6.45) is 5.62. The molecule has 14 heteroatoms. The van der Waals surface area contributed by atoms with Crippen LogP contribution >= 0.6 is 0 Å². The molecular formula is C9H8F6N2O4S2. The molecule has 0 saturated carbocycles. The van der Waals surface area contributed by atoms with Gasteiger partial charge in [-0.1, -0.05) is 6.07 Å². The van der Waals surface area contributed by atoms with E-state index in [1.54, 1.807) is 6.20 Å². The third kappa shape index (κ3) is 6.54. The number of hydrogen-bond donors (Lipinski definition) is 0. The fraction of sp³-hybridized carbons (Fsp3) is 0.222. The van der Waals surface area contributed by atoms with Gasteiger partial charge in [-0.2, -0.15) is 30.9 Å². The van der Waals surface area contributed by atoms with Gasteiger partial charge in [0.15, 0.2) is 38.6 Å². The van der Waals surface area contributed by atoms with Gasteiger partial charge in [0.1, 0.15) is 0 Å². The molecule has 0 aliphatic rings. The molecule has 0 aromatic carbocycles.